The number of hydrogen-bond acceptors (Lipinski definition) is 5. The van der Waals surface area contributed by atoms with Crippen LogP contribution in [-0.2, 0) is 15.3 Å². The number of aliphatic hydroxyl groups is 1. The summed E-state index contributed by atoms with van der Waals surface area (Å²) in [5.41, 5.74) is 1.14. The molecular formula is C17H23NO5S. The highest BCUT2D eigenvalue weighted by Gasteiger charge is 2.40. The average molecular weight is 353 g/mol. The summed E-state index contributed by atoms with van der Waals surface area (Å²) in [6.07, 6.45) is -0.651. The van der Waals surface area contributed by atoms with E-state index in [1.165, 1.54) is 4.90 Å². The Labute approximate surface area is 145 Å². The van der Waals surface area contributed by atoms with E-state index < -0.39 is 18.1 Å². The number of likely N-dealkylation sites (tertiary alicyclic amines) is 1. The van der Waals surface area contributed by atoms with Gasteiger partial charge in [-0.3, -0.25) is 4.79 Å². The van der Waals surface area contributed by atoms with Crippen molar-refractivity contribution < 1.29 is 24.5 Å². The number of carboxylic acid groups (broad SMARTS) is 1. The minimum Gasteiger partial charge on any atom is -0.497 e. The first-order chi connectivity index (χ1) is 11.4. The van der Waals surface area contributed by atoms with Crippen LogP contribution in [0.5, 0.6) is 5.75 Å². The normalized spacial score (nSPS) is 21.5. The molecule has 0 radical (unpaired) electrons. The van der Waals surface area contributed by atoms with E-state index in [4.69, 9.17) is 4.74 Å². The second-order valence-electron chi connectivity index (χ2n) is 6.00. The van der Waals surface area contributed by atoms with Crippen molar-refractivity contribution in [1.29, 1.82) is 0 Å². The lowest BCUT2D eigenvalue weighted by Crippen LogP contribution is -2.43. The lowest BCUT2D eigenvalue weighted by atomic mass is 10.1. The minimum absolute atomic E-state index is 0.100. The van der Waals surface area contributed by atoms with E-state index in [1.807, 2.05) is 24.3 Å². The molecule has 2 N–H and O–H groups in total. The number of aliphatic carboxylic acids is 1. The maximum absolute atomic E-state index is 12.5. The summed E-state index contributed by atoms with van der Waals surface area (Å²) in [4.78, 5) is 25.0. The Morgan fingerprint density at radius 3 is 2.62 bits per heavy atom. The molecule has 0 bridgehead atoms. The number of methoxy groups -OCH3 is 1. The first kappa shape index (κ1) is 18.6. The van der Waals surface area contributed by atoms with Crippen LogP contribution < -0.4 is 4.74 Å². The Morgan fingerprint density at radius 1 is 1.38 bits per heavy atom. The van der Waals surface area contributed by atoms with Gasteiger partial charge in [-0.1, -0.05) is 19.1 Å². The summed E-state index contributed by atoms with van der Waals surface area (Å²) in [6, 6.07) is 6.84. The molecule has 1 saturated heterocycles. The van der Waals surface area contributed by atoms with Gasteiger partial charge in [0.25, 0.3) is 0 Å². The molecule has 2 unspecified atom stereocenters. The number of nitrogens with zero attached hydrogens (tertiary/aromatic N) is 1. The largest absolute Gasteiger partial charge is 0.497 e. The Hall–Kier alpha value is -1.73. The molecule has 1 aromatic rings. The Bertz CT molecular complexity index is 577. The zero-order valence-electron chi connectivity index (χ0n) is 13.8. The molecule has 1 fully saturated rings. The van der Waals surface area contributed by atoms with Crippen molar-refractivity contribution in [2.45, 2.75) is 31.2 Å². The van der Waals surface area contributed by atoms with Gasteiger partial charge in [0.15, 0.2) is 0 Å². The van der Waals surface area contributed by atoms with Gasteiger partial charge in [-0.05, 0) is 17.7 Å². The van der Waals surface area contributed by atoms with Crippen molar-refractivity contribution in [2.75, 3.05) is 19.4 Å². The average Bonchev–Trinajstić information content (AvgIpc) is 2.96. The van der Waals surface area contributed by atoms with Gasteiger partial charge in [0, 0.05) is 30.4 Å². The molecule has 0 aliphatic carbocycles. The van der Waals surface area contributed by atoms with Crippen LogP contribution in [0.4, 0.5) is 0 Å². The number of rotatable bonds is 7. The monoisotopic (exact) mass is 353 g/mol. The van der Waals surface area contributed by atoms with E-state index in [9.17, 15) is 19.8 Å². The number of ether oxygens (including phenoxy) is 1. The fourth-order valence-electron chi connectivity index (χ4n) is 2.72. The highest BCUT2D eigenvalue weighted by molar-refractivity contribution is 7.98. The third-order valence-electron chi connectivity index (χ3n) is 4.06. The number of amides is 1. The number of aliphatic hydroxyl groups excluding tert-OH is 1. The highest BCUT2D eigenvalue weighted by atomic mass is 32.2. The quantitative estimate of drug-likeness (QED) is 0.774. The van der Waals surface area contributed by atoms with Gasteiger partial charge in [-0.2, -0.15) is 11.8 Å². The Morgan fingerprint density at radius 2 is 2.04 bits per heavy atom. The van der Waals surface area contributed by atoms with Gasteiger partial charge in [-0.25, -0.2) is 4.79 Å². The van der Waals surface area contributed by atoms with Crippen LogP contribution in [-0.4, -0.2) is 58.5 Å². The zero-order valence-corrected chi connectivity index (χ0v) is 14.7. The number of carboxylic acids is 1. The smallest absolute Gasteiger partial charge is 0.326 e. The van der Waals surface area contributed by atoms with Crippen LogP contribution in [0.2, 0.25) is 0 Å². The van der Waals surface area contributed by atoms with E-state index in [2.05, 4.69) is 0 Å². The second kappa shape index (κ2) is 8.39. The minimum atomic E-state index is -1.06. The Kier molecular flexibility index (Phi) is 6.51. The molecule has 7 heteroatoms. The van der Waals surface area contributed by atoms with Crippen LogP contribution in [0.1, 0.15) is 18.9 Å². The number of carbonyl (C=O) groups excluding carboxylic acids is 1. The standard InChI is InChI=1S/C17H23NO5S/c1-11(9-24-10-12-3-5-14(23-2)6-4-12)16(20)18-8-13(19)7-15(18)17(21)22/h3-6,11,13,15,19H,7-10H2,1-2H3,(H,21,22)/t11?,13?,15-/m0/s1. The van der Waals surface area contributed by atoms with Gasteiger partial charge in [0.1, 0.15) is 11.8 Å². The molecule has 1 aliphatic heterocycles. The summed E-state index contributed by atoms with van der Waals surface area (Å²) >= 11 is 1.63. The number of benzene rings is 1. The molecule has 1 amide bonds. The van der Waals surface area contributed by atoms with Crippen molar-refractivity contribution in [3.05, 3.63) is 29.8 Å². The van der Waals surface area contributed by atoms with E-state index in [0.29, 0.717) is 5.75 Å². The predicted molar refractivity (Wildman–Crippen MR) is 92.1 cm³/mol. The van der Waals surface area contributed by atoms with Crippen LogP contribution in [0.25, 0.3) is 0 Å². The molecular weight excluding hydrogens is 330 g/mol. The summed E-state index contributed by atoms with van der Waals surface area (Å²) in [5, 5.41) is 18.8. The van der Waals surface area contributed by atoms with Crippen molar-refractivity contribution in [1.82, 2.24) is 4.90 Å². The van der Waals surface area contributed by atoms with Crippen LogP contribution >= 0.6 is 11.8 Å². The third kappa shape index (κ3) is 4.64. The first-order valence-electron chi connectivity index (χ1n) is 7.84. The van der Waals surface area contributed by atoms with E-state index >= 15 is 0 Å². The van der Waals surface area contributed by atoms with Crippen LogP contribution in [0, 0.1) is 5.92 Å². The zero-order chi connectivity index (χ0) is 17.7. The molecule has 3 atom stereocenters. The van der Waals surface area contributed by atoms with Crippen molar-refractivity contribution in [3.8, 4) is 5.75 Å². The lowest BCUT2D eigenvalue weighted by molar-refractivity contribution is -0.149. The van der Waals surface area contributed by atoms with E-state index in [1.54, 1.807) is 25.8 Å². The van der Waals surface area contributed by atoms with E-state index in [-0.39, 0.29) is 24.8 Å². The van der Waals surface area contributed by atoms with Gasteiger partial charge in [0.2, 0.25) is 5.91 Å². The number of hydrogen-bond donors (Lipinski definition) is 2. The van der Waals surface area contributed by atoms with Gasteiger partial charge in [0.05, 0.1) is 13.2 Å². The maximum Gasteiger partial charge on any atom is 0.326 e. The summed E-state index contributed by atoms with van der Waals surface area (Å²) < 4.78 is 5.11. The lowest BCUT2D eigenvalue weighted by Gasteiger charge is -2.24. The first-order valence-corrected chi connectivity index (χ1v) is 9.00. The molecule has 2 rings (SSSR count). The summed E-state index contributed by atoms with van der Waals surface area (Å²) in [6.45, 7) is 1.90. The van der Waals surface area contributed by atoms with Crippen LogP contribution in [0.15, 0.2) is 24.3 Å². The van der Waals surface area contributed by atoms with Gasteiger partial charge < -0.3 is 19.8 Å². The number of β-amino-alcohol motifs (C(OH)–C–C–N with tert-alkyl or cyclic N) is 1. The third-order valence-corrected chi connectivity index (χ3v) is 5.34. The summed E-state index contributed by atoms with van der Waals surface area (Å²) in [5.74, 6) is 0.621. The topological polar surface area (TPSA) is 87.1 Å². The summed E-state index contributed by atoms with van der Waals surface area (Å²) in [7, 11) is 1.62. The molecule has 0 aromatic heterocycles. The second-order valence-corrected chi connectivity index (χ2v) is 7.03. The molecule has 1 heterocycles. The van der Waals surface area contributed by atoms with Crippen LogP contribution in [0.3, 0.4) is 0 Å². The SMILES string of the molecule is COc1ccc(CSCC(C)C(=O)N2CC(O)C[C@H]2C(=O)O)cc1. The van der Waals surface area contributed by atoms with Gasteiger partial charge in [-0.15, -0.1) is 0 Å². The molecule has 1 aliphatic rings. The maximum atomic E-state index is 12.5. The van der Waals surface area contributed by atoms with Crippen molar-refractivity contribution in [3.63, 3.8) is 0 Å². The molecule has 0 spiro atoms. The van der Waals surface area contributed by atoms with E-state index in [0.717, 1.165) is 17.1 Å². The Balaban J connectivity index is 1.83. The van der Waals surface area contributed by atoms with Crippen molar-refractivity contribution >= 4 is 23.6 Å². The number of carbonyl (C=O) groups is 2. The number of thioether (sulfide) groups is 1. The molecule has 132 valence electrons. The molecule has 0 saturated carbocycles. The van der Waals surface area contributed by atoms with Gasteiger partial charge >= 0.3 is 5.97 Å². The van der Waals surface area contributed by atoms with Crippen molar-refractivity contribution in [2.24, 2.45) is 5.92 Å². The highest BCUT2D eigenvalue weighted by Crippen LogP contribution is 2.23. The predicted octanol–water partition coefficient (Wildman–Crippen LogP) is 1.61. The molecule has 24 heavy (non-hydrogen) atoms. The fraction of sp³-hybridized carbons (Fsp3) is 0.529. The fourth-order valence-corrected chi connectivity index (χ4v) is 3.76. The molecule has 6 nitrogen and oxygen atoms in total. The molecule has 1 aromatic carbocycles.